The van der Waals surface area contributed by atoms with Crippen molar-refractivity contribution in [2.45, 2.75) is 46.1 Å². The van der Waals surface area contributed by atoms with Gasteiger partial charge in [0.2, 0.25) is 0 Å². The average Bonchev–Trinajstić information content (AvgIpc) is 2.76. The van der Waals surface area contributed by atoms with Crippen molar-refractivity contribution in [2.24, 2.45) is 11.8 Å². The van der Waals surface area contributed by atoms with Gasteiger partial charge in [-0.25, -0.2) is 0 Å². The van der Waals surface area contributed by atoms with Crippen LogP contribution in [0.1, 0.15) is 57.3 Å². The van der Waals surface area contributed by atoms with E-state index in [4.69, 9.17) is 14.9 Å². The van der Waals surface area contributed by atoms with E-state index in [-0.39, 0.29) is 18.1 Å². The van der Waals surface area contributed by atoms with Gasteiger partial charge in [-0.15, -0.1) is 0 Å². The van der Waals surface area contributed by atoms with Gasteiger partial charge in [-0.3, -0.25) is 4.79 Å². The fraction of sp³-hybridized carbons (Fsp3) is 0.440. The molecule has 0 spiro atoms. The van der Waals surface area contributed by atoms with Crippen LogP contribution in [-0.2, 0) is 9.53 Å². The fourth-order valence-corrected chi connectivity index (χ4v) is 3.03. The van der Waals surface area contributed by atoms with E-state index in [2.05, 4.69) is 6.92 Å². The first-order valence-corrected chi connectivity index (χ1v) is 10.6. The summed E-state index contributed by atoms with van der Waals surface area (Å²) >= 11 is 0. The number of ether oxygens (including phenoxy) is 2. The number of esters is 1. The first-order valence-electron chi connectivity index (χ1n) is 10.6. The Labute approximate surface area is 179 Å². The van der Waals surface area contributed by atoms with Gasteiger partial charge < -0.3 is 20.0 Å². The van der Waals surface area contributed by atoms with Crippen molar-refractivity contribution < 1.29 is 19.4 Å². The van der Waals surface area contributed by atoms with Crippen LogP contribution in [-0.4, -0.2) is 30.0 Å². The highest BCUT2D eigenvalue weighted by Crippen LogP contribution is 2.29. The molecule has 30 heavy (non-hydrogen) atoms. The molecule has 5 nitrogen and oxygen atoms in total. The van der Waals surface area contributed by atoms with E-state index in [0.29, 0.717) is 24.3 Å². The molecule has 2 rings (SSSR count). The number of aliphatic hydroxyl groups excluding tert-OH is 1. The van der Waals surface area contributed by atoms with Gasteiger partial charge in [-0.2, -0.15) is 0 Å². The average molecular weight is 412 g/mol. The summed E-state index contributed by atoms with van der Waals surface area (Å²) in [6.07, 6.45) is 1.01. The minimum Gasteiger partial charge on any atom is -0.494 e. The van der Waals surface area contributed by atoms with Crippen molar-refractivity contribution in [3.05, 3.63) is 65.7 Å². The molecule has 0 bridgehead atoms. The van der Waals surface area contributed by atoms with E-state index in [1.807, 2.05) is 44.2 Å². The van der Waals surface area contributed by atoms with Crippen molar-refractivity contribution in [2.75, 3.05) is 13.2 Å². The Morgan fingerprint density at radius 1 is 1.07 bits per heavy atom. The number of rotatable bonds is 12. The molecule has 0 aromatic heterocycles. The number of benzene rings is 2. The van der Waals surface area contributed by atoms with E-state index in [1.54, 1.807) is 24.3 Å². The third kappa shape index (κ3) is 7.30. The van der Waals surface area contributed by atoms with Gasteiger partial charge in [0, 0.05) is 11.6 Å². The summed E-state index contributed by atoms with van der Waals surface area (Å²) in [7, 11) is 0. The topological polar surface area (TPSA) is 79.6 Å². The Balaban J connectivity index is 2.17. The number of carbonyl (C=O) groups excluding carboxylic acids is 1. The van der Waals surface area contributed by atoms with Crippen LogP contribution in [0, 0.1) is 17.2 Å². The summed E-state index contributed by atoms with van der Waals surface area (Å²) < 4.78 is 11.0. The molecule has 0 amide bonds. The summed E-state index contributed by atoms with van der Waals surface area (Å²) in [5.74, 6) is -0.144. The second kappa shape index (κ2) is 12.1. The van der Waals surface area contributed by atoms with Gasteiger partial charge >= 0.3 is 5.97 Å². The monoisotopic (exact) mass is 411 g/mol. The zero-order valence-electron chi connectivity index (χ0n) is 18.1. The lowest BCUT2D eigenvalue weighted by Gasteiger charge is -2.24. The lowest BCUT2D eigenvalue weighted by molar-refractivity contribution is -0.146. The van der Waals surface area contributed by atoms with Crippen molar-refractivity contribution in [3.8, 4) is 5.75 Å². The molecule has 0 aliphatic rings. The smallest absolute Gasteiger partial charge is 0.306 e. The molecular formula is C25H33NO4. The number of carbonyl (C=O) groups is 1. The van der Waals surface area contributed by atoms with E-state index in [1.165, 1.54) is 0 Å². The molecule has 0 aliphatic heterocycles. The minimum atomic E-state index is -0.981. The summed E-state index contributed by atoms with van der Waals surface area (Å²) in [4.78, 5) is 12.4. The van der Waals surface area contributed by atoms with Crippen LogP contribution in [0.3, 0.4) is 0 Å². The van der Waals surface area contributed by atoms with Crippen LogP contribution in [0.5, 0.6) is 5.75 Å². The van der Waals surface area contributed by atoms with Crippen molar-refractivity contribution in [1.29, 1.82) is 5.41 Å². The standard InChI is InChI=1S/C25H33NO4/c1-4-5-15-29-21-13-11-19(12-14-21)24(26)22(16-23(27)30-17-18(2)3)25(28)20-9-7-6-8-10-20/h6-14,18,22,25-26,28H,4-5,15-17H2,1-3H3. The predicted molar refractivity (Wildman–Crippen MR) is 119 cm³/mol. The highest BCUT2D eigenvalue weighted by Gasteiger charge is 2.29. The van der Waals surface area contributed by atoms with Gasteiger partial charge in [0.1, 0.15) is 5.75 Å². The molecule has 162 valence electrons. The van der Waals surface area contributed by atoms with Crippen LogP contribution in [0.15, 0.2) is 54.6 Å². The molecule has 0 heterocycles. The maximum absolute atomic E-state index is 12.4. The van der Waals surface area contributed by atoms with Crippen LogP contribution in [0.4, 0.5) is 0 Å². The molecule has 2 aromatic rings. The molecule has 2 unspecified atom stereocenters. The SMILES string of the molecule is CCCCOc1ccc(C(=N)C(CC(=O)OCC(C)C)C(O)c2ccccc2)cc1. The van der Waals surface area contributed by atoms with E-state index in [0.717, 1.165) is 18.6 Å². The van der Waals surface area contributed by atoms with Gasteiger partial charge in [-0.05, 0) is 47.7 Å². The first kappa shape index (κ1) is 23.6. The molecule has 0 saturated heterocycles. The Kier molecular flexibility index (Phi) is 9.55. The third-order valence-electron chi connectivity index (χ3n) is 4.79. The highest BCUT2D eigenvalue weighted by molar-refractivity contribution is 6.01. The zero-order valence-corrected chi connectivity index (χ0v) is 18.1. The summed E-state index contributed by atoms with van der Waals surface area (Å²) in [5, 5.41) is 19.7. The summed E-state index contributed by atoms with van der Waals surface area (Å²) in [5.41, 5.74) is 1.52. The van der Waals surface area contributed by atoms with Crippen molar-refractivity contribution >= 4 is 11.7 Å². The molecule has 0 fully saturated rings. The Morgan fingerprint density at radius 2 is 1.73 bits per heavy atom. The summed E-state index contributed by atoms with van der Waals surface area (Å²) in [6, 6.07) is 16.4. The maximum Gasteiger partial charge on any atom is 0.306 e. The van der Waals surface area contributed by atoms with Gasteiger partial charge in [-0.1, -0.05) is 57.5 Å². The van der Waals surface area contributed by atoms with Crippen molar-refractivity contribution in [1.82, 2.24) is 0 Å². The van der Waals surface area contributed by atoms with E-state index >= 15 is 0 Å². The molecular weight excluding hydrogens is 378 g/mol. The first-order chi connectivity index (χ1) is 14.4. The normalized spacial score (nSPS) is 13.0. The quantitative estimate of drug-likeness (QED) is 0.287. The maximum atomic E-state index is 12.4. The largest absolute Gasteiger partial charge is 0.494 e. The van der Waals surface area contributed by atoms with E-state index < -0.39 is 18.0 Å². The number of nitrogens with one attached hydrogen (secondary N) is 1. The molecule has 0 radical (unpaired) electrons. The van der Waals surface area contributed by atoms with Crippen LogP contribution in [0.25, 0.3) is 0 Å². The molecule has 2 N–H and O–H groups in total. The second-order valence-electron chi connectivity index (χ2n) is 7.88. The number of hydrogen-bond donors (Lipinski definition) is 2. The van der Waals surface area contributed by atoms with Crippen molar-refractivity contribution in [3.63, 3.8) is 0 Å². The molecule has 5 heteroatoms. The van der Waals surface area contributed by atoms with Crippen LogP contribution < -0.4 is 4.74 Å². The Bertz CT molecular complexity index is 787. The Hall–Kier alpha value is -2.66. The van der Waals surface area contributed by atoms with E-state index in [9.17, 15) is 9.90 Å². The molecule has 0 aliphatic carbocycles. The number of hydrogen-bond acceptors (Lipinski definition) is 5. The number of aliphatic hydroxyl groups is 1. The molecule has 0 saturated carbocycles. The third-order valence-corrected chi connectivity index (χ3v) is 4.79. The predicted octanol–water partition coefficient (Wildman–Crippen LogP) is 5.17. The van der Waals surface area contributed by atoms with Gasteiger partial charge in [0.15, 0.2) is 0 Å². The number of unbranched alkanes of at least 4 members (excludes halogenated alkanes) is 1. The Morgan fingerprint density at radius 3 is 2.33 bits per heavy atom. The van der Waals surface area contributed by atoms with Gasteiger partial charge in [0.05, 0.1) is 25.7 Å². The van der Waals surface area contributed by atoms with Crippen LogP contribution >= 0.6 is 0 Å². The van der Waals surface area contributed by atoms with Gasteiger partial charge in [0.25, 0.3) is 0 Å². The van der Waals surface area contributed by atoms with Crippen LogP contribution in [0.2, 0.25) is 0 Å². The minimum absolute atomic E-state index is 0.0592. The highest BCUT2D eigenvalue weighted by atomic mass is 16.5. The lowest BCUT2D eigenvalue weighted by Crippen LogP contribution is -2.27. The zero-order chi connectivity index (χ0) is 21.9. The molecule has 2 atom stereocenters. The fourth-order valence-electron chi connectivity index (χ4n) is 3.03. The summed E-state index contributed by atoms with van der Waals surface area (Å²) in [6.45, 7) is 7.03. The second-order valence-corrected chi connectivity index (χ2v) is 7.88. The molecule has 2 aromatic carbocycles. The lowest BCUT2D eigenvalue weighted by atomic mass is 9.85.